The number of piperazine rings is 1. The van der Waals surface area contributed by atoms with Gasteiger partial charge in [-0.2, -0.15) is 0 Å². The third kappa shape index (κ3) is 4.68. The smallest absolute Gasteiger partial charge is 0.134 e. The first-order valence-corrected chi connectivity index (χ1v) is 8.73. The van der Waals surface area contributed by atoms with Gasteiger partial charge in [0.05, 0.1) is 12.6 Å². The fraction of sp³-hybridized carbons (Fsp3) is 0.474. The number of benzene rings is 1. The predicted octanol–water partition coefficient (Wildman–Crippen LogP) is 1.99. The molecule has 3 rings (SSSR count). The summed E-state index contributed by atoms with van der Waals surface area (Å²) in [6, 6.07) is 11.9. The van der Waals surface area contributed by atoms with Crippen molar-refractivity contribution in [3.63, 3.8) is 0 Å². The van der Waals surface area contributed by atoms with Gasteiger partial charge in [0, 0.05) is 44.8 Å². The van der Waals surface area contributed by atoms with E-state index in [0.717, 1.165) is 68.5 Å². The van der Waals surface area contributed by atoms with Crippen LogP contribution >= 0.6 is 0 Å². The SMILES string of the molecule is CC(O)c1ccc(-c2ccc(CNCCN3CCNCC3)o2)cc1. The number of hydrogen-bond donors (Lipinski definition) is 3. The Morgan fingerprint density at radius 3 is 2.62 bits per heavy atom. The van der Waals surface area contributed by atoms with Gasteiger partial charge in [-0.05, 0) is 24.6 Å². The molecule has 3 N–H and O–H groups in total. The van der Waals surface area contributed by atoms with Gasteiger partial charge in [-0.25, -0.2) is 0 Å². The van der Waals surface area contributed by atoms with E-state index in [9.17, 15) is 5.11 Å². The van der Waals surface area contributed by atoms with Crippen LogP contribution in [0, 0.1) is 0 Å². The second-order valence-electron chi connectivity index (χ2n) is 6.33. The Balaban J connectivity index is 1.46. The Kier molecular flexibility index (Phi) is 6.04. The van der Waals surface area contributed by atoms with E-state index in [-0.39, 0.29) is 0 Å². The van der Waals surface area contributed by atoms with E-state index in [1.807, 2.05) is 36.4 Å². The van der Waals surface area contributed by atoms with Crippen LogP contribution in [0.2, 0.25) is 0 Å². The number of rotatable bonds is 7. The van der Waals surface area contributed by atoms with Crippen LogP contribution in [0.3, 0.4) is 0 Å². The first kappa shape index (κ1) is 17.2. The fourth-order valence-corrected chi connectivity index (χ4v) is 2.94. The summed E-state index contributed by atoms with van der Waals surface area (Å²) in [4.78, 5) is 2.47. The summed E-state index contributed by atoms with van der Waals surface area (Å²) in [7, 11) is 0. The highest BCUT2D eigenvalue weighted by atomic mass is 16.3. The minimum Gasteiger partial charge on any atom is -0.460 e. The second kappa shape index (κ2) is 8.44. The normalized spacial score (nSPS) is 17.1. The van der Waals surface area contributed by atoms with Crippen molar-refractivity contribution in [3.8, 4) is 11.3 Å². The molecule has 0 bridgehead atoms. The van der Waals surface area contributed by atoms with E-state index in [1.54, 1.807) is 6.92 Å². The summed E-state index contributed by atoms with van der Waals surface area (Å²) in [5.74, 6) is 1.82. The number of aliphatic hydroxyl groups excluding tert-OH is 1. The second-order valence-corrected chi connectivity index (χ2v) is 6.33. The van der Waals surface area contributed by atoms with Crippen molar-refractivity contribution in [2.24, 2.45) is 0 Å². The molecule has 1 saturated heterocycles. The predicted molar refractivity (Wildman–Crippen MR) is 95.8 cm³/mol. The van der Waals surface area contributed by atoms with Crippen LogP contribution < -0.4 is 10.6 Å². The quantitative estimate of drug-likeness (QED) is 0.678. The Labute approximate surface area is 143 Å². The highest BCUT2D eigenvalue weighted by molar-refractivity contribution is 5.58. The maximum absolute atomic E-state index is 9.57. The molecule has 24 heavy (non-hydrogen) atoms. The van der Waals surface area contributed by atoms with E-state index in [0.29, 0.717) is 0 Å². The minimum atomic E-state index is -0.439. The molecule has 1 aromatic carbocycles. The van der Waals surface area contributed by atoms with E-state index in [4.69, 9.17) is 4.42 Å². The van der Waals surface area contributed by atoms with E-state index in [1.165, 1.54) is 0 Å². The summed E-state index contributed by atoms with van der Waals surface area (Å²) in [5.41, 5.74) is 1.95. The van der Waals surface area contributed by atoms with Crippen LogP contribution in [0.15, 0.2) is 40.8 Å². The van der Waals surface area contributed by atoms with Crippen LogP contribution in [-0.2, 0) is 6.54 Å². The first-order chi connectivity index (χ1) is 11.7. The number of furan rings is 1. The molecule has 1 aromatic heterocycles. The topological polar surface area (TPSA) is 60.7 Å². The van der Waals surface area contributed by atoms with Crippen LogP contribution in [0.5, 0.6) is 0 Å². The first-order valence-electron chi connectivity index (χ1n) is 8.73. The van der Waals surface area contributed by atoms with Crippen LogP contribution in [0.25, 0.3) is 11.3 Å². The lowest BCUT2D eigenvalue weighted by atomic mass is 10.1. The maximum Gasteiger partial charge on any atom is 0.134 e. The van der Waals surface area contributed by atoms with Gasteiger partial charge in [0.15, 0.2) is 0 Å². The van der Waals surface area contributed by atoms with E-state index in [2.05, 4.69) is 15.5 Å². The number of hydrogen-bond acceptors (Lipinski definition) is 5. The van der Waals surface area contributed by atoms with Crippen molar-refractivity contribution in [2.45, 2.75) is 19.6 Å². The van der Waals surface area contributed by atoms with E-state index >= 15 is 0 Å². The molecule has 0 saturated carbocycles. The van der Waals surface area contributed by atoms with Gasteiger partial charge >= 0.3 is 0 Å². The molecule has 0 spiro atoms. The molecule has 1 unspecified atom stereocenters. The number of nitrogens with zero attached hydrogens (tertiary/aromatic N) is 1. The number of nitrogens with one attached hydrogen (secondary N) is 2. The van der Waals surface area contributed by atoms with Crippen molar-refractivity contribution in [2.75, 3.05) is 39.3 Å². The molecule has 5 nitrogen and oxygen atoms in total. The van der Waals surface area contributed by atoms with Crippen molar-refractivity contribution in [3.05, 3.63) is 47.7 Å². The van der Waals surface area contributed by atoms with Crippen molar-refractivity contribution >= 4 is 0 Å². The number of aliphatic hydroxyl groups is 1. The molecular weight excluding hydrogens is 302 g/mol. The minimum absolute atomic E-state index is 0.439. The maximum atomic E-state index is 9.57. The molecule has 0 aliphatic carbocycles. The van der Waals surface area contributed by atoms with Crippen LogP contribution in [0.1, 0.15) is 24.4 Å². The zero-order valence-corrected chi connectivity index (χ0v) is 14.3. The Morgan fingerprint density at radius 2 is 1.92 bits per heavy atom. The zero-order valence-electron chi connectivity index (χ0n) is 14.3. The summed E-state index contributed by atoms with van der Waals surface area (Å²) < 4.78 is 5.91. The van der Waals surface area contributed by atoms with Crippen LogP contribution in [0.4, 0.5) is 0 Å². The third-order valence-electron chi connectivity index (χ3n) is 4.45. The molecule has 2 heterocycles. The lowest BCUT2D eigenvalue weighted by Crippen LogP contribution is -2.45. The molecule has 0 amide bonds. The van der Waals surface area contributed by atoms with Gasteiger partial charge < -0.3 is 20.2 Å². The molecule has 1 atom stereocenters. The van der Waals surface area contributed by atoms with Crippen LogP contribution in [-0.4, -0.2) is 49.3 Å². The molecule has 0 radical (unpaired) electrons. The Hall–Kier alpha value is -1.66. The summed E-state index contributed by atoms with van der Waals surface area (Å²) in [6.07, 6.45) is -0.439. The lowest BCUT2D eigenvalue weighted by Gasteiger charge is -2.27. The summed E-state index contributed by atoms with van der Waals surface area (Å²) >= 11 is 0. The van der Waals surface area contributed by atoms with E-state index < -0.39 is 6.10 Å². The summed E-state index contributed by atoms with van der Waals surface area (Å²) in [6.45, 7) is 9.02. The molecule has 1 aliphatic rings. The van der Waals surface area contributed by atoms with Gasteiger partial charge in [-0.1, -0.05) is 24.3 Å². The van der Waals surface area contributed by atoms with Crippen molar-refractivity contribution < 1.29 is 9.52 Å². The molecule has 1 fully saturated rings. The standard InChI is InChI=1S/C19H27N3O2/c1-15(23)16-2-4-17(5-3-16)19-7-6-18(24-19)14-21-10-13-22-11-8-20-9-12-22/h2-7,15,20-21,23H,8-14H2,1H3. The average molecular weight is 329 g/mol. The summed E-state index contributed by atoms with van der Waals surface area (Å²) in [5, 5.41) is 16.4. The van der Waals surface area contributed by atoms with Crippen molar-refractivity contribution in [1.29, 1.82) is 0 Å². The highest BCUT2D eigenvalue weighted by Crippen LogP contribution is 2.24. The molecule has 130 valence electrons. The Morgan fingerprint density at radius 1 is 1.17 bits per heavy atom. The largest absolute Gasteiger partial charge is 0.460 e. The monoisotopic (exact) mass is 329 g/mol. The van der Waals surface area contributed by atoms with Gasteiger partial charge in [0.25, 0.3) is 0 Å². The molecule has 2 aromatic rings. The lowest BCUT2D eigenvalue weighted by molar-refractivity contribution is 0.199. The van der Waals surface area contributed by atoms with Gasteiger partial charge in [-0.3, -0.25) is 4.90 Å². The molecule has 5 heteroatoms. The average Bonchev–Trinajstić information content (AvgIpc) is 3.09. The highest BCUT2D eigenvalue weighted by Gasteiger charge is 2.09. The van der Waals surface area contributed by atoms with Gasteiger partial charge in [-0.15, -0.1) is 0 Å². The van der Waals surface area contributed by atoms with Crippen molar-refractivity contribution in [1.82, 2.24) is 15.5 Å². The molecule has 1 aliphatic heterocycles. The molecular formula is C19H27N3O2. The zero-order chi connectivity index (χ0) is 16.8. The van der Waals surface area contributed by atoms with Gasteiger partial charge in [0.1, 0.15) is 11.5 Å². The third-order valence-corrected chi connectivity index (χ3v) is 4.45. The van der Waals surface area contributed by atoms with Gasteiger partial charge in [0.2, 0.25) is 0 Å². The fourth-order valence-electron chi connectivity index (χ4n) is 2.94. The Bertz CT molecular complexity index is 616.